The Kier molecular flexibility index (Phi) is 4.26. The summed E-state index contributed by atoms with van der Waals surface area (Å²) in [6.45, 7) is 1.54. The molecule has 0 amide bonds. The Labute approximate surface area is 139 Å². The predicted molar refractivity (Wildman–Crippen MR) is 91.6 cm³/mol. The minimum absolute atomic E-state index is 0.0338. The van der Waals surface area contributed by atoms with Gasteiger partial charge in [-0.15, -0.1) is 22.7 Å². The molecule has 3 aromatic heterocycles. The number of likely N-dealkylation sites (N-methyl/N-ethyl adjacent to an activating group) is 1. The Morgan fingerprint density at radius 1 is 1.43 bits per heavy atom. The lowest BCUT2D eigenvalue weighted by Gasteiger charge is -2.11. The molecule has 4 nitrogen and oxygen atoms in total. The summed E-state index contributed by atoms with van der Waals surface area (Å²) in [5, 5.41) is 6.35. The van der Waals surface area contributed by atoms with E-state index in [0.29, 0.717) is 12.2 Å². The zero-order chi connectivity index (χ0) is 15.0. The van der Waals surface area contributed by atoms with E-state index < -0.39 is 0 Å². The van der Waals surface area contributed by atoms with Crippen molar-refractivity contribution in [1.82, 2.24) is 14.7 Å². The molecule has 0 bridgehead atoms. The van der Waals surface area contributed by atoms with Crippen LogP contribution < -0.4 is 0 Å². The number of carbonyl (C=O) groups is 1. The highest BCUT2D eigenvalue weighted by molar-refractivity contribution is 9.10. The van der Waals surface area contributed by atoms with Crippen molar-refractivity contribution in [2.24, 2.45) is 0 Å². The third-order valence-electron chi connectivity index (χ3n) is 3.13. The molecule has 0 aliphatic carbocycles. The monoisotopic (exact) mass is 383 g/mol. The predicted octanol–water partition coefficient (Wildman–Crippen LogP) is 3.71. The minimum atomic E-state index is 0.0338. The van der Waals surface area contributed by atoms with E-state index in [1.807, 2.05) is 25.5 Å². The highest BCUT2D eigenvalue weighted by atomic mass is 79.9. The van der Waals surface area contributed by atoms with Crippen LogP contribution in [0.5, 0.6) is 0 Å². The summed E-state index contributed by atoms with van der Waals surface area (Å²) in [7, 11) is 4.01. The summed E-state index contributed by atoms with van der Waals surface area (Å²) in [6.07, 6.45) is 1.69. The van der Waals surface area contributed by atoms with Crippen molar-refractivity contribution in [3.05, 3.63) is 38.8 Å². The van der Waals surface area contributed by atoms with Gasteiger partial charge in [-0.25, -0.2) is 0 Å². The fourth-order valence-corrected chi connectivity index (χ4v) is 4.57. The zero-order valence-electron chi connectivity index (χ0n) is 11.7. The maximum atomic E-state index is 12.8. The van der Waals surface area contributed by atoms with E-state index in [-0.39, 0.29) is 5.78 Å². The number of hydrogen-bond donors (Lipinski definition) is 0. The summed E-state index contributed by atoms with van der Waals surface area (Å²) >= 11 is 6.65. The van der Waals surface area contributed by atoms with Gasteiger partial charge in [-0.3, -0.25) is 9.48 Å². The van der Waals surface area contributed by atoms with Crippen molar-refractivity contribution < 1.29 is 4.79 Å². The number of ketones is 1. The molecule has 3 heterocycles. The minimum Gasteiger partial charge on any atom is -0.308 e. The van der Waals surface area contributed by atoms with Gasteiger partial charge in [0.2, 0.25) is 5.78 Å². The van der Waals surface area contributed by atoms with Crippen LogP contribution in [0, 0.1) is 0 Å². The van der Waals surface area contributed by atoms with Gasteiger partial charge in [-0.1, -0.05) is 0 Å². The molecule has 3 aromatic rings. The molecule has 0 aliphatic heterocycles. The van der Waals surface area contributed by atoms with E-state index in [0.717, 1.165) is 15.9 Å². The van der Waals surface area contributed by atoms with Gasteiger partial charge in [-0.05, 0) is 47.5 Å². The Morgan fingerprint density at radius 3 is 2.95 bits per heavy atom. The molecule has 0 spiro atoms. The molecule has 3 rings (SSSR count). The van der Waals surface area contributed by atoms with Crippen molar-refractivity contribution in [1.29, 1.82) is 0 Å². The van der Waals surface area contributed by atoms with Crippen molar-refractivity contribution >= 4 is 53.8 Å². The highest BCUT2D eigenvalue weighted by Gasteiger charge is 2.21. The number of fused-ring (bicyclic) bond motifs is 1. The van der Waals surface area contributed by atoms with E-state index in [2.05, 4.69) is 32.0 Å². The summed E-state index contributed by atoms with van der Waals surface area (Å²) in [5.41, 5.74) is 0.630. The van der Waals surface area contributed by atoms with Crippen molar-refractivity contribution in [2.75, 3.05) is 20.6 Å². The highest BCUT2D eigenvalue weighted by Crippen LogP contribution is 2.32. The van der Waals surface area contributed by atoms with Crippen LogP contribution in [0.3, 0.4) is 0 Å². The molecular weight excluding hydrogens is 370 g/mol. The number of carbonyl (C=O) groups excluding carboxylic acids is 1. The topological polar surface area (TPSA) is 38.1 Å². The normalized spacial score (nSPS) is 11.6. The lowest BCUT2D eigenvalue weighted by Crippen LogP contribution is -2.21. The lowest BCUT2D eigenvalue weighted by atomic mass is 10.2. The second kappa shape index (κ2) is 6.00. The number of halogens is 1. The first-order valence-electron chi connectivity index (χ1n) is 6.44. The number of aromatic nitrogens is 2. The Hall–Kier alpha value is -1.02. The van der Waals surface area contributed by atoms with Gasteiger partial charge in [0.05, 0.1) is 22.1 Å². The maximum Gasteiger partial charge on any atom is 0.222 e. The lowest BCUT2D eigenvalue weighted by molar-refractivity contribution is 0.103. The number of hydrogen-bond acceptors (Lipinski definition) is 5. The van der Waals surface area contributed by atoms with Crippen LogP contribution in [0.15, 0.2) is 28.2 Å². The van der Waals surface area contributed by atoms with E-state index in [1.165, 1.54) is 9.40 Å². The van der Waals surface area contributed by atoms with Crippen LogP contribution in [-0.4, -0.2) is 41.1 Å². The van der Waals surface area contributed by atoms with Crippen LogP contribution in [-0.2, 0) is 6.54 Å². The second-order valence-corrected chi connectivity index (χ2v) is 7.84. The molecule has 0 fully saturated rings. The molecule has 0 aromatic carbocycles. The first-order valence-corrected chi connectivity index (χ1v) is 8.93. The maximum absolute atomic E-state index is 12.8. The average Bonchev–Trinajstić information content (AvgIpc) is 3.09. The van der Waals surface area contributed by atoms with Crippen molar-refractivity contribution in [2.45, 2.75) is 6.54 Å². The largest absolute Gasteiger partial charge is 0.308 e. The summed E-state index contributed by atoms with van der Waals surface area (Å²) in [4.78, 5) is 15.6. The fourth-order valence-electron chi connectivity index (χ4n) is 2.05. The molecule has 0 N–H and O–H groups in total. The molecule has 0 atom stereocenters. The Balaban J connectivity index is 1.93. The second-order valence-electron chi connectivity index (χ2n) is 4.96. The number of nitrogens with zero attached hydrogens (tertiary/aromatic N) is 3. The van der Waals surface area contributed by atoms with Crippen LogP contribution in [0.2, 0.25) is 0 Å². The molecule has 0 aliphatic rings. The Morgan fingerprint density at radius 2 is 2.24 bits per heavy atom. The first-order chi connectivity index (χ1) is 10.1. The zero-order valence-corrected chi connectivity index (χ0v) is 14.9. The molecule has 0 saturated heterocycles. The summed E-state index contributed by atoms with van der Waals surface area (Å²) in [6, 6.07) is 4.03. The van der Waals surface area contributed by atoms with Crippen molar-refractivity contribution in [3.8, 4) is 0 Å². The fraction of sp³-hybridized carbons (Fsp3) is 0.286. The molecule has 7 heteroatoms. The molecule has 0 unspecified atom stereocenters. The summed E-state index contributed by atoms with van der Waals surface area (Å²) < 4.78 is 4.86. The molecule has 0 radical (unpaired) electrons. The van der Waals surface area contributed by atoms with Gasteiger partial charge in [-0.2, -0.15) is 5.10 Å². The number of thiophene rings is 2. The molecule has 21 heavy (non-hydrogen) atoms. The van der Waals surface area contributed by atoms with Gasteiger partial charge < -0.3 is 4.90 Å². The quantitative estimate of drug-likeness (QED) is 0.630. The van der Waals surface area contributed by atoms with Gasteiger partial charge >= 0.3 is 0 Å². The van der Waals surface area contributed by atoms with E-state index >= 15 is 0 Å². The van der Waals surface area contributed by atoms with Crippen LogP contribution >= 0.6 is 38.6 Å². The third-order valence-corrected chi connectivity index (χ3v) is 5.80. The van der Waals surface area contributed by atoms with Gasteiger partial charge in [0.1, 0.15) is 5.69 Å². The number of rotatable bonds is 5. The smallest absolute Gasteiger partial charge is 0.222 e. The SMILES string of the molecule is CN(C)CCn1ncc(Br)c1C(=O)c1cc2sccc2s1. The van der Waals surface area contributed by atoms with Crippen molar-refractivity contribution in [3.63, 3.8) is 0 Å². The van der Waals surface area contributed by atoms with Gasteiger partial charge in [0.25, 0.3) is 0 Å². The van der Waals surface area contributed by atoms with E-state index in [9.17, 15) is 4.79 Å². The molecule has 110 valence electrons. The third kappa shape index (κ3) is 2.96. The standard InChI is InChI=1S/C14H14BrN3OS2/c1-17(2)4-5-18-13(9(15)8-16-18)14(19)12-7-11-10(21-12)3-6-20-11/h3,6-8H,4-5H2,1-2H3. The molecule has 0 saturated carbocycles. The van der Waals surface area contributed by atoms with Crippen LogP contribution in [0.25, 0.3) is 9.40 Å². The first kappa shape index (κ1) is 14.9. The van der Waals surface area contributed by atoms with E-state index in [4.69, 9.17) is 0 Å². The molecular formula is C14H14BrN3OS2. The van der Waals surface area contributed by atoms with E-state index in [1.54, 1.807) is 33.6 Å². The average molecular weight is 384 g/mol. The summed E-state index contributed by atoms with van der Waals surface area (Å²) in [5.74, 6) is 0.0338. The van der Waals surface area contributed by atoms with Crippen LogP contribution in [0.1, 0.15) is 15.4 Å². The van der Waals surface area contributed by atoms with Crippen LogP contribution in [0.4, 0.5) is 0 Å². The van der Waals surface area contributed by atoms with Gasteiger partial charge in [0.15, 0.2) is 0 Å². The Bertz CT molecular complexity index is 759. The van der Waals surface area contributed by atoms with Gasteiger partial charge in [0, 0.05) is 15.9 Å².